The van der Waals surface area contributed by atoms with E-state index in [-0.39, 0.29) is 37.7 Å². The molecule has 0 radical (unpaired) electrons. The number of halogens is 3. The first-order chi connectivity index (χ1) is 6.19. The van der Waals surface area contributed by atoms with Crippen LogP contribution < -0.4 is 47.9 Å². The summed E-state index contributed by atoms with van der Waals surface area (Å²) in [6.07, 6.45) is -3.63. The van der Waals surface area contributed by atoms with Crippen LogP contribution in [0.1, 0.15) is 0 Å². The van der Waals surface area contributed by atoms with Gasteiger partial charge in [-0.3, -0.25) is 0 Å². The second-order valence-electron chi connectivity index (χ2n) is 1.74. The molecule has 0 aliphatic rings. The second-order valence-corrected chi connectivity index (χ2v) is 1.74. The minimum Gasteiger partial charge on any atom is -0.545 e. The Bertz CT molecular complexity index is 213. The SMILES string of the molecule is O=C([O-])/C=C\C(=O)[O-].OCC(F)(F)F.[Li+].[Li+]. The van der Waals surface area contributed by atoms with Gasteiger partial charge in [0.1, 0.15) is 6.61 Å². The minimum absolute atomic E-state index is 0. The standard InChI is InChI=1S/C4H4O4.C2H3F3O.2Li/c5-3(6)1-2-4(7)8;3-2(4,5)1-6;;/h1-2H,(H,5,6)(H,7,8);6H,1H2;;/q;;2*+1/p-2/b2-1-;;;. The molecule has 0 fully saturated rings. The monoisotopic (exact) mass is 228 g/mol. The second kappa shape index (κ2) is 12.7. The molecule has 0 spiro atoms. The van der Waals surface area contributed by atoms with Crippen molar-refractivity contribution in [3.63, 3.8) is 0 Å². The van der Waals surface area contributed by atoms with Crippen LogP contribution in [0.4, 0.5) is 13.2 Å². The molecule has 0 heterocycles. The first-order valence-corrected chi connectivity index (χ1v) is 2.96. The first kappa shape index (κ1) is 24.7. The number of carboxylic acid groups (broad SMARTS) is 2. The molecule has 0 atom stereocenters. The van der Waals surface area contributed by atoms with Crippen LogP contribution in [0.15, 0.2) is 12.2 Å². The summed E-state index contributed by atoms with van der Waals surface area (Å²) in [6, 6.07) is 0. The van der Waals surface area contributed by atoms with Crippen LogP contribution in [0, 0.1) is 0 Å². The summed E-state index contributed by atoms with van der Waals surface area (Å²) in [7, 11) is 0. The first-order valence-electron chi connectivity index (χ1n) is 2.96. The predicted octanol–water partition coefficient (Wildman–Crippen LogP) is -8.41. The Morgan fingerprint density at radius 3 is 1.31 bits per heavy atom. The van der Waals surface area contributed by atoms with Gasteiger partial charge in [-0.25, -0.2) is 0 Å². The number of rotatable bonds is 2. The molecule has 0 aliphatic heterocycles. The molecule has 0 aliphatic carbocycles. The Hall–Kier alpha value is -0.375. The van der Waals surface area contributed by atoms with Gasteiger partial charge in [0, 0.05) is 0 Å². The average molecular weight is 228 g/mol. The van der Waals surface area contributed by atoms with Crippen molar-refractivity contribution in [2.24, 2.45) is 0 Å². The number of carboxylic acids is 2. The van der Waals surface area contributed by atoms with Gasteiger partial charge in [0.15, 0.2) is 0 Å². The average Bonchev–Trinajstić information content (AvgIpc) is 2.01. The number of hydrogen-bond donors (Lipinski definition) is 1. The molecular formula is C6H5F3Li2O5. The molecule has 0 aromatic rings. The summed E-state index contributed by atoms with van der Waals surface area (Å²) >= 11 is 0. The number of aliphatic hydroxyl groups is 1. The molecule has 0 aromatic heterocycles. The molecular weight excluding hydrogens is 223 g/mol. The van der Waals surface area contributed by atoms with Crippen molar-refractivity contribution < 1.29 is 75.8 Å². The molecule has 0 bridgehead atoms. The van der Waals surface area contributed by atoms with Gasteiger partial charge in [-0.05, 0) is 12.2 Å². The summed E-state index contributed by atoms with van der Waals surface area (Å²) in [5.74, 6) is -3.09. The number of alkyl halides is 3. The molecule has 16 heavy (non-hydrogen) atoms. The van der Waals surface area contributed by atoms with E-state index in [2.05, 4.69) is 0 Å². The van der Waals surface area contributed by atoms with Crippen LogP contribution in [0.5, 0.6) is 0 Å². The number of carbonyl (C=O) groups is 2. The molecule has 0 amide bonds. The fourth-order valence-corrected chi connectivity index (χ4v) is 0.136. The molecule has 1 N–H and O–H groups in total. The van der Waals surface area contributed by atoms with E-state index in [0.717, 1.165) is 0 Å². The van der Waals surface area contributed by atoms with Crippen molar-refractivity contribution >= 4 is 11.9 Å². The molecule has 0 saturated carbocycles. The molecule has 5 nitrogen and oxygen atoms in total. The van der Waals surface area contributed by atoms with E-state index in [4.69, 9.17) is 5.11 Å². The van der Waals surface area contributed by atoms with Crippen molar-refractivity contribution in [2.45, 2.75) is 6.18 Å². The van der Waals surface area contributed by atoms with Crippen molar-refractivity contribution in [1.29, 1.82) is 0 Å². The van der Waals surface area contributed by atoms with Crippen LogP contribution in [-0.2, 0) is 9.59 Å². The third kappa shape index (κ3) is 37.4. The van der Waals surface area contributed by atoms with Crippen LogP contribution in [0.3, 0.4) is 0 Å². The third-order valence-corrected chi connectivity index (χ3v) is 0.535. The van der Waals surface area contributed by atoms with Crippen LogP contribution in [-0.4, -0.2) is 29.8 Å². The normalized spacial score (nSPS) is 9.25. The fourth-order valence-electron chi connectivity index (χ4n) is 0.136. The minimum atomic E-state index is -4.40. The quantitative estimate of drug-likeness (QED) is 0.373. The number of hydrogen-bond acceptors (Lipinski definition) is 5. The summed E-state index contributed by atoms with van der Waals surface area (Å²) in [4.78, 5) is 18.8. The Balaban J connectivity index is -0.0000000825. The maximum Gasteiger partial charge on any atom is 1.00 e. The van der Waals surface area contributed by atoms with Gasteiger partial charge in [-0.2, -0.15) is 13.2 Å². The maximum atomic E-state index is 10.5. The fraction of sp³-hybridized carbons (Fsp3) is 0.333. The van der Waals surface area contributed by atoms with Crippen molar-refractivity contribution in [3.8, 4) is 0 Å². The largest absolute Gasteiger partial charge is 1.00 e. The summed E-state index contributed by atoms with van der Waals surface area (Å²) in [5, 5.41) is 26.1. The number of aliphatic carboxylic acids is 2. The molecule has 82 valence electrons. The van der Waals surface area contributed by atoms with E-state index in [9.17, 15) is 33.0 Å². The molecule has 10 heteroatoms. The van der Waals surface area contributed by atoms with Crippen LogP contribution in [0.2, 0.25) is 0 Å². The summed E-state index contributed by atoms with van der Waals surface area (Å²) in [5.41, 5.74) is 0. The van der Waals surface area contributed by atoms with Gasteiger partial charge in [0.05, 0.1) is 11.9 Å². The summed E-state index contributed by atoms with van der Waals surface area (Å²) < 4.78 is 31.6. The van der Waals surface area contributed by atoms with Gasteiger partial charge in [0.25, 0.3) is 0 Å². The number of carbonyl (C=O) groups excluding carboxylic acids is 2. The van der Waals surface area contributed by atoms with Gasteiger partial charge >= 0.3 is 43.9 Å². The van der Waals surface area contributed by atoms with E-state index in [1.54, 1.807) is 0 Å². The smallest absolute Gasteiger partial charge is 0.545 e. The van der Waals surface area contributed by atoms with Crippen molar-refractivity contribution in [3.05, 3.63) is 12.2 Å². The van der Waals surface area contributed by atoms with Crippen molar-refractivity contribution in [1.82, 2.24) is 0 Å². The molecule has 0 aromatic carbocycles. The van der Waals surface area contributed by atoms with E-state index in [1.165, 1.54) is 0 Å². The Morgan fingerprint density at radius 2 is 1.25 bits per heavy atom. The zero-order valence-electron chi connectivity index (χ0n) is 8.58. The molecule has 0 saturated heterocycles. The maximum absolute atomic E-state index is 10.5. The Labute approximate surface area is 113 Å². The number of aliphatic hydroxyl groups excluding tert-OH is 1. The predicted molar refractivity (Wildman–Crippen MR) is 32.3 cm³/mol. The van der Waals surface area contributed by atoms with E-state index in [0.29, 0.717) is 12.2 Å². The third-order valence-electron chi connectivity index (χ3n) is 0.535. The van der Waals surface area contributed by atoms with E-state index in [1.807, 2.05) is 0 Å². The van der Waals surface area contributed by atoms with Gasteiger partial charge in [-0.15, -0.1) is 0 Å². The van der Waals surface area contributed by atoms with E-state index < -0.39 is 24.7 Å². The van der Waals surface area contributed by atoms with Gasteiger partial charge in [0.2, 0.25) is 0 Å². The zero-order valence-corrected chi connectivity index (χ0v) is 8.58. The van der Waals surface area contributed by atoms with E-state index >= 15 is 0 Å². The Morgan fingerprint density at radius 1 is 1.06 bits per heavy atom. The van der Waals surface area contributed by atoms with Gasteiger partial charge < -0.3 is 24.9 Å². The van der Waals surface area contributed by atoms with Crippen LogP contribution >= 0.6 is 0 Å². The molecule has 0 unspecified atom stereocenters. The zero-order chi connectivity index (χ0) is 11.8. The topological polar surface area (TPSA) is 100 Å². The summed E-state index contributed by atoms with van der Waals surface area (Å²) in [6.45, 7) is -1.73. The Kier molecular flexibility index (Phi) is 19.6. The van der Waals surface area contributed by atoms with Crippen LogP contribution in [0.25, 0.3) is 0 Å². The van der Waals surface area contributed by atoms with Gasteiger partial charge in [-0.1, -0.05) is 0 Å². The molecule has 0 rings (SSSR count). The van der Waals surface area contributed by atoms with Crippen molar-refractivity contribution in [2.75, 3.05) is 6.61 Å².